The second-order valence-electron chi connectivity index (χ2n) is 5.20. The quantitative estimate of drug-likeness (QED) is 0.858. The van der Waals surface area contributed by atoms with Crippen molar-refractivity contribution in [2.45, 2.75) is 25.9 Å². The molecule has 1 aliphatic rings. The van der Waals surface area contributed by atoms with Crippen LogP contribution in [0.1, 0.15) is 24.8 Å². The molecular weight excluding hydrogens is 242 g/mol. The average Bonchev–Trinajstić information content (AvgIpc) is 2.40. The van der Waals surface area contributed by atoms with Crippen LogP contribution < -0.4 is 5.32 Å². The number of carbonyl (C=O) groups is 1. The monoisotopic (exact) mass is 263 g/mol. The summed E-state index contributed by atoms with van der Waals surface area (Å²) in [4.78, 5) is 11.6. The minimum absolute atomic E-state index is 0.126. The van der Waals surface area contributed by atoms with Crippen molar-refractivity contribution in [2.75, 3.05) is 20.3 Å². The molecule has 1 fully saturated rings. The van der Waals surface area contributed by atoms with Gasteiger partial charge in [0.05, 0.1) is 6.61 Å². The second kappa shape index (κ2) is 6.57. The van der Waals surface area contributed by atoms with E-state index < -0.39 is 0 Å². The Hall–Kier alpha value is -1.55. The predicted octanol–water partition coefficient (Wildman–Crippen LogP) is 2.73. The van der Waals surface area contributed by atoms with Crippen molar-refractivity contribution in [2.24, 2.45) is 5.41 Å². The van der Waals surface area contributed by atoms with E-state index in [2.05, 4.69) is 5.32 Å². The lowest BCUT2D eigenvalue weighted by molar-refractivity contribution is 0.0170. The third-order valence-corrected chi connectivity index (χ3v) is 3.69. The van der Waals surface area contributed by atoms with Crippen molar-refractivity contribution in [1.29, 1.82) is 0 Å². The highest BCUT2D eigenvalue weighted by molar-refractivity contribution is 5.67. The molecule has 1 amide bonds. The van der Waals surface area contributed by atoms with E-state index in [0.717, 1.165) is 18.4 Å². The average molecular weight is 263 g/mol. The van der Waals surface area contributed by atoms with Crippen LogP contribution in [0.2, 0.25) is 0 Å². The van der Waals surface area contributed by atoms with Gasteiger partial charge in [-0.3, -0.25) is 0 Å². The molecular formula is C15H21NO3. The highest BCUT2D eigenvalue weighted by atomic mass is 16.5. The summed E-state index contributed by atoms with van der Waals surface area (Å²) in [6.07, 6.45) is 3.08. The molecule has 1 saturated carbocycles. The van der Waals surface area contributed by atoms with Crippen molar-refractivity contribution in [3.63, 3.8) is 0 Å². The van der Waals surface area contributed by atoms with Gasteiger partial charge in [-0.15, -0.1) is 0 Å². The molecule has 4 nitrogen and oxygen atoms in total. The fourth-order valence-corrected chi connectivity index (χ4v) is 2.39. The summed E-state index contributed by atoms with van der Waals surface area (Å²) in [6, 6.07) is 9.67. The third-order valence-electron chi connectivity index (χ3n) is 3.69. The predicted molar refractivity (Wildman–Crippen MR) is 72.8 cm³/mol. The molecule has 1 aromatic carbocycles. The highest BCUT2D eigenvalue weighted by Gasteiger charge is 2.37. The largest absolute Gasteiger partial charge is 0.445 e. The van der Waals surface area contributed by atoms with Crippen LogP contribution in [0.5, 0.6) is 0 Å². The number of benzene rings is 1. The molecule has 0 heterocycles. The summed E-state index contributed by atoms with van der Waals surface area (Å²) in [5.41, 5.74) is 1.12. The molecule has 0 bridgehead atoms. The van der Waals surface area contributed by atoms with Crippen LogP contribution in [0.4, 0.5) is 4.79 Å². The highest BCUT2D eigenvalue weighted by Crippen LogP contribution is 2.40. The maximum Gasteiger partial charge on any atom is 0.407 e. The van der Waals surface area contributed by atoms with Crippen LogP contribution in [-0.2, 0) is 16.1 Å². The Bertz CT molecular complexity index is 401. The number of rotatable bonds is 6. The Morgan fingerprint density at radius 3 is 2.63 bits per heavy atom. The van der Waals surface area contributed by atoms with E-state index in [9.17, 15) is 4.79 Å². The molecule has 0 aliphatic heterocycles. The summed E-state index contributed by atoms with van der Waals surface area (Å²) < 4.78 is 10.4. The standard InChI is InChI=1S/C15H21NO3/c1-18-12-15(8-5-9-15)11-16-14(17)19-10-13-6-3-2-4-7-13/h2-4,6-7H,5,8-12H2,1H3,(H,16,17). The molecule has 0 saturated heterocycles. The van der Waals surface area contributed by atoms with E-state index in [1.54, 1.807) is 7.11 Å². The number of alkyl carbamates (subject to hydrolysis) is 1. The van der Waals surface area contributed by atoms with E-state index in [0.29, 0.717) is 19.8 Å². The lowest BCUT2D eigenvalue weighted by atomic mass is 9.69. The molecule has 1 N–H and O–H groups in total. The van der Waals surface area contributed by atoms with Gasteiger partial charge in [0.15, 0.2) is 0 Å². The molecule has 2 rings (SSSR count). The van der Waals surface area contributed by atoms with Gasteiger partial charge >= 0.3 is 6.09 Å². The first-order valence-corrected chi connectivity index (χ1v) is 6.68. The molecule has 19 heavy (non-hydrogen) atoms. The van der Waals surface area contributed by atoms with Crippen LogP contribution in [0, 0.1) is 5.41 Å². The lowest BCUT2D eigenvalue weighted by Gasteiger charge is -2.41. The zero-order valence-corrected chi connectivity index (χ0v) is 11.4. The topological polar surface area (TPSA) is 47.6 Å². The fourth-order valence-electron chi connectivity index (χ4n) is 2.39. The number of hydrogen-bond acceptors (Lipinski definition) is 3. The number of nitrogens with one attached hydrogen (secondary N) is 1. The van der Waals surface area contributed by atoms with Crippen LogP contribution in [0.3, 0.4) is 0 Å². The summed E-state index contributed by atoms with van der Waals surface area (Å²) >= 11 is 0. The molecule has 0 unspecified atom stereocenters. The Labute approximate surface area is 114 Å². The number of ether oxygens (including phenoxy) is 2. The normalized spacial score (nSPS) is 16.5. The van der Waals surface area contributed by atoms with E-state index in [1.807, 2.05) is 30.3 Å². The van der Waals surface area contributed by atoms with E-state index in [1.165, 1.54) is 6.42 Å². The second-order valence-corrected chi connectivity index (χ2v) is 5.20. The van der Waals surface area contributed by atoms with Crippen molar-refractivity contribution >= 4 is 6.09 Å². The first kappa shape index (κ1) is 13.9. The van der Waals surface area contributed by atoms with E-state index >= 15 is 0 Å². The molecule has 0 radical (unpaired) electrons. The van der Waals surface area contributed by atoms with Crippen molar-refractivity contribution in [1.82, 2.24) is 5.32 Å². The smallest absolute Gasteiger partial charge is 0.407 e. The van der Waals surface area contributed by atoms with Gasteiger partial charge < -0.3 is 14.8 Å². The summed E-state index contributed by atoms with van der Waals surface area (Å²) in [5, 5.41) is 2.84. The first-order valence-electron chi connectivity index (χ1n) is 6.68. The van der Waals surface area contributed by atoms with Crippen LogP contribution >= 0.6 is 0 Å². The van der Waals surface area contributed by atoms with Crippen LogP contribution in [0.25, 0.3) is 0 Å². The van der Waals surface area contributed by atoms with Gasteiger partial charge in [0.2, 0.25) is 0 Å². The van der Waals surface area contributed by atoms with Gasteiger partial charge in [-0.25, -0.2) is 4.79 Å². The lowest BCUT2D eigenvalue weighted by Crippen LogP contribution is -2.45. The molecule has 4 heteroatoms. The number of amides is 1. The van der Waals surface area contributed by atoms with E-state index in [4.69, 9.17) is 9.47 Å². The molecule has 1 aromatic rings. The zero-order valence-electron chi connectivity index (χ0n) is 11.4. The molecule has 0 atom stereocenters. The third kappa shape index (κ3) is 3.96. The minimum atomic E-state index is -0.355. The van der Waals surface area contributed by atoms with Gasteiger partial charge in [0, 0.05) is 19.1 Å². The van der Waals surface area contributed by atoms with Crippen molar-refractivity contribution < 1.29 is 14.3 Å². The maximum atomic E-state index is 11.6. The van der Waals surface area contributed by atoms with Gasteiger partial charge in [0.25, 0.3) is 0 Å². The number of hydrogen-bond donors (Lipinski definition) is 1. The number of carbonyl (C=O) groups excluding carboxylic acids is 1. The SMILES string of the molecule is COCC1(CNC(=O)OCc2ccccc2)CCC1. The summed E-state index contributed by atoms with van der Waals surface area (Å²) in [5.74, 6) is 0. The zero-order chi connectivity index (χ0) is 13.6. The fraction of sp³-hybridized carbons (Fsp3) is 0.533. The Kier molecular flexibility index (Phi) is 4.80. The minimum Gasteiger partial charge on any atom is -0.445 e. The van der Waals surface area contributed by atoms with Gasteiger partial charge in [-0.2, -0.15) is 0 Å². The van der Waals surface area contributed by atoms with Crippen LogP contribution in [0.15, 0.2) is 30.3 Å². The molecule has 0 aromatic heterocycles. The van der Waals surface area contributed by atoms with Crippen molar-refractivity contribution in [3.8, 4) is 0 Å². The summed E-state index contributed by atoms with van der Waals surface area (Å²) in [6.45, 7) is 1.64. The molecule has 1 aliphatic carbocycles. The molecule has 0 spiro atoms. The first-order chi connectivity index (χ1) is 9.24. The van der Waals surface area contributed by atoms with Crippen LogP contribution in [-0.4, -0.2) is 26.4 Å². The van der Waals surface area contributed by atoms with Gasteiger partial charge in [-0.05, 0) is 18.4 Å². The van der Waals surface area contributed by atoms with E-state index in [-0.39, 0.29) is 11.5 Å². The summed E-state index contributed by atoms with van der Waals surface area (Å²) in [7, 11) is 1.70. The van der Waals surface area contributed by atoms with Gasteiger partial charge in [-0.1, -0.05) is 36.8 Å². The van der Waals surface area contributed by atoms with Gasteiger partial charge in [0.1, 0.15) is 6.61 Å². The number of methoxy groups -OCH3 is 1. The van der Waals surface area contributed by atoms with Crippen molar-refractivity contribution in [3.05, 3.63) is 35.9 Å². The maximum absolute atomic E-state index is 11.6. The molecule has 104 valence electrons. The Balaban J connectivity index is 1.70. The Morgan fingerprint density at radius 2 is 2.05 bits per heavy atom. The Morgan fingerprint density at radius 1 is 1.32 bits per heavy atom.